The van der Waals surface area contributed by atoms with Crippen molar-refractivity contribution in [1.82, 2.24) is 5.32 Å². The Morgan fingerprint density at radius 2 is 2.42 bits per heavy atom. The molecule has 0 aromatic carbocycles. The minimum Gasteiger partial charge on any atom is -0.466 e. The molecule has 0 radical (unpaired) electrons. The zero-order valence-electron chi connectivity index (χ0n) is 7.02. The summed E-state index contributed by atoms with van der Waals surface area (Å²) in [6.45, 7) is 2.62. The van der Waals surface area contributed by atoms with Crippen molar-refractivity contribution < 1.29 is 9.21 Å². The molecule has 2 heterocycles. The summed E-state index contributed by atoms with van der Waals surface area (Å²) in [5.74, 6) is 1.65. The van der Waals surface area contributed by atoms with Crippen molar-refractivity contribution in [3.63, 3.8) is 0 Å². The van der Waals surface area contributed by atoms with Crippen LogP contribution in [0.4, 0.5) is 0 Å². The zero-order valence-corrected chi connectivity index (χ0v) is 7.02. The number of carbonyl (C=O) groups is 1. The van der Waals surface area contributed by atoms with Crippen LogP contribution in [0.5, 0.6) is 0 Å². The molecule has 3 nitrogen and oxygen atoms in total. The first-order chi connectivity index (χ1) is 5.77. The normalized spacial score (nSPS) is 16.6. The van der Waals surface area contributed by atoms with Gasteiger partial charge in [0.15, 0.2) is 0 Å². The molecule has 1 aliphatic rings. The summed E-state index contributed by atoms with van der Waals surface area (Å²) in [6.07, 6.45) is 1.83. The van der Waals surface area contributed by atoms with Crippen LogP contribution >= 0.6 is 0 Å². The molecule has 0 saturated carbocycles. The van der Waals surface area contributed by atoms with Crippen LogP contribution < -0.4 is 5.32 Å². The number of aryl methyl sites for hydroxylation is 2. The lowest BCUT2D eigenvalue weighted by Crippen LogP contribution is -2.22. The third kappa shape index (κ3) is 1.11. The van der Waals surface area contributed by atoms with Gasteiger partial charge in [0, 0.05) is 13.0 Å². The van der Waals surface area contributed by atoms with Gasteiger partial charge in [0.1, 0.15) is 11.5 Å². The van der Waals surface area contributed by atoms with Gasteiger partial charge >= 0.3 is 0 Å². The predicted octanol–water partition coefficient (Wildman–Crippen LogP) is 1.26. The molecule has 3 heteroatoms. The average molecular weight is 165 g/mol. The molecule has 0 atom stereocenters. The van der Waals surface area contributed by atoms with Gasteiger partial charge < -0.3 is 9.73 Å². The van der Waals surface area contributed by atoms with Gasteiger partial charge in [0.25, 0.3) is 5.91 Å². The zero-order chi connectivity index (χ0) is 8.55. The van der Waals surface area contributed by atoms with Crippen LogP contribution in [0.2, 0.25) is 0 Å². The second-order valence-electron chi connectivity index (χ2n) is 3.05. The van der Waals surface area contributed by atoms with E-state index in [4.69, 9.17) is 4.42 Å². The quantitative estimate of drug-likeness (QED) is 0.629. The van der Waals surface area contributed by atoms with E-state index >= 15 is 0 Å². The van der Waals surface area contributed by atoms with E-state index in [1.54, 1.807) is 6.07 Å². The topological polar surface area (TPSA) is 42.2 Å². The number of amides is 1. The number of rotatable bonds is 0. The van der Waals surface area contributed by atoms with Gasteiger partial charge in [0.2, 0.25) is 0 Å². The number of fused-ring (bicyclic) bond motifs is 1. The lowest BCUT2D eigenvalue weighted by Gasteiger charge is -1.95. The second-order valence-corrected chi connectivity index (χ2v) is 3.05. The first kappa shape index (κ1) is 7.40. The highest BCUT2D eigenvalue weighted by Crippen LogP contribution is 2.18. The molecule has 2 rings (SSSR count). The molecule has 0 aliphatic carbocycles. The fourth-order valence-corrected chi connectivity index (χ4v) is 1.49. The van der Waals surface area contributed by atoms with Crippen molar-refractivity contribution in [3.8, 4) is 0 Å². The van der Waals surface area contributed by atoms with Gasteiger partial charge in [-0.3, -0.25) is 4.79 Å². The monoisotopic (exact) mass is 165 g/mol. The standard InChI is InChI=1S/C9H11NO2/c1-6-5-7-8(12-6)3-2-4-10-9(7)11/h5H,2-4H2,1H3,(H,10,11). The highest BCUT2D eigenvalue weighted by Gasteiger charge is 2.18. The lowest BCUT2D eigenvalue weighted by atomic mass is 10.2. The van der Waals surface area contributed by atoms with Crippen LogP contribution in [0.1, 0.15) is 28.3 Å². The Morgan fingerprint density at radius 1 is 1.58 bits per heavy atom. The molecular formula is C9H11NO2. The number of nitrogens with one attached hydrogen (secondary N) is 1. The van der Waals surface area contributed by atoms with E-state index in [9.17, 15) is 4.79 Å². The Kier molecular flexibility index (Phi) is 1.64. The molecule has 1 aliphatic heterocycles. The van der Waals surface area contributed by atoms with Crippen molar-refractivity contribution in [2.45, 2.75) is 19.8 Å². The van der Waals surface area contributed by atoms with Crippen LogP contribution in [-0.4, -0.2) is 12.5 Å². The molecule has 1 aromatic heterocycles. The van der Waals surface area contributed by atoms with Gasteiger partial charge in [-0.25, -0.2) is 0 Å². The fraction of sp³-hybridized carbons (Fsp3) is 0.444. The third-order valence-electron chi connectivity index (χ3n) is 2.04. The van der Waals surface area contributed by atoms with E-state index in [2.05, 4.69) is 5.32 Å². The smallest absolute Gasteiger partial charge is 0.254 e. The van der Waals surface area contributed by atoms with Crippen molar-refractivity contribution >= 4 is 5.91 Å². The summed E-state index contributed by atoms with van der Waals surface area (Å²) in [4.78, 5) is 11.3. The van der Waals surface area contributed by atoms with Crippen molar-refractivity contribution in [2.75, 3.05) is 6.54 Å². The first-order valence-electron chi connectivity index (χ1n) is 4.15. The van der Waals surface area contributed by atoms with Crippen LogP contribution in [0.15, 0.2) is 10.5 Å². The summed E-state index contributed by atoms with van der Waals surface area (Å²) in [5.41, 5.74) is 0.713. The van der Waals surface area contributed by atoms with Crippen LogP contribution in [-0.2, 0) is 6.42 Å². The summed E-state index contributed by atoms with van der Waals surface area (Å²) >= 11 is 0. The first-order valence-corrected chi connectivity index (χ1v) is 4.15. The predicted molar refractivity (Wildman–Crippen MR) is 44.1 cm³/mol. The van der Waals surface area contributed by atoms with E-state index in [1.807, 2.05) is 6.92 Å². The maximum Gasteiger partial charge on any atom is 0.254 e. The number of carbonyl (C=O) groups excluding carboxylic acids is 1. The lowest BCUT2D eigenvalue weighted by molar-refractivity contribution is 0.0955. The Bertz CT molecular complexity index is 314. The Labute approximate surface area is 70.8 Å². The highest BCUT2D eigenvalue weighted by atomic mass is 16.3. The van der Waals surface area contributed by atoms with Crippen LogP contribution in [0.3, 0.4) is 0 Å². The van der Waals surface area contributed by atoms with E-state index in [1.165, 1.54) is 0 Å². The average Bonchev–Trinajstić information content (AvgIpc) is 2.33. The minimum atomic E-state index is -0.000602. The third-order valence-corrected chi connectivity index (χ3v) is 2.04. The van der Waals surface area contributed by atoms with Crippen molar-refractivity contribution in [3.05, 3.63) is 23.2 Å². The number of furan rings is 1. The molecule has 0 saturated heterocycles. The molecule has 12 heavy (non-hydrogen) atoms. The Hall–Kier alpha value is -1.25. The van der Waals surface area contributed by atoms with Crippen LogP contribution in [0.25, 0.3) is 0 Å². The van der Waals surface area contributed by atoms with E-state index in [0.29, 0.717) is 5.56 Å². The maximum absolute atomic E-state index is 11.3. The Morgan fingerprint density at radius 3 is 3.25 bits per heavy atom. The highest BCUT2D eigenvalue weighted by molar-refractivity contribution is 5.95. The molecule has 1 amide bonds. The molecule has 0 fully saturated rings. The van der Waals surface area contributed by atoms with Crippen LogP contribution in [0, 0.1) is 6.92 Å². The summed E-state index contributed by atoms with van der Waals surface area (Å²) in [7, 11) is 0. The van der Waals surface area contributed by atoms with Crippen molar-refractivity contribution in [1.29, 1.82) is 0 Å². The van der Waals surface area contributed by atoms with Crippen molar-refractivity contribution in [2.24, 2.45) is 0 Å². The number of hydrogen-bond donors (Lipinski definition) is 1. The number of hydrogen-bond acceptors (Lipinski definition) is 2. The van der Waals surface area contributed by atoms with Gasteiger partial charge in [-0.1, -0.05) is 0 Å². The molecule has 1 aromatic rings. The fourth-order valence-electron chi connectivity index (χ4n) is 1.49. The van der Waals surface area contributed by atoms with E-state index in [0.717, 1.165) is 30.9 Å². The molecule has 0 spiro atoms. The molecule has 1 N–H and O–H groups in total. The van der Waals surface area contributed by atoms with E-state index in [-0.39, 0.29) is 5.91 Å². The molecule has 0 bridgehead atoms. The summed E-state index contributed by atoms with van der Waals surface area (Å²) < 4.78 is 5.40. The summed E-state index contributed by atoms with van der Waals surface area (Å²) in [5, 5.41) is 2.82. The summed E-state index contributed by atoms with van der Waals surface area (Å²) in [6, 6.07) is 1.80. The van der Waals surface area contributed by atoms with Gasteiger partial charge in [-0.15, -0.1) is 0 Å². The SMILES string of the molecule is Cc1cc2c(o1)CCCNC2=O. The van der Waals surface area contributed by atoms with Gasteiger partial charge in [0.05, 0.1) is 5.56 Å². The second kappa shape index (κ2) is 2.66. The Balaban J connectivity index is 2.44. The van der Waals surface area contributed by atoms with Gasteiger partial charge in [-0.2, -0.15) is 0 Å². The van der Waals surface area contributed by atoms with E-state index < -0.39 is 0 Å². The largest absolute Gasteiger partial charge is 0.466 e. The van der Waals surface area contributed by atoms with Gasteiger partial charge in [-0.05, 0) is 19.4 Å². The molecular weight excluding hydrogens is 154 g/mol. The molecule has 0 unspecified atom stereocenters. The minimum absolute atomic E-state index is 0.000602. The maximum atomic E-state index is 11.3. The molecule has 64 valence electrons.